The lowest BCUT2D eigenvalue weighted by Gasteiger charge is -2.04. The molecule has 106 valence electrons. The van der Waals surface area contributed by atoms with E-state index >= 15 is 0 Å². The van der Waals surface area contributed by atoms with Crippen molar-refractivity contribution in [3.63, 3.8) is 0 Å². The zero-order valence-electron chi connectivity index (χ0n) is 10.1. The summed E-state index contributed by atoms with van der Waals surface area (Å²) in [5.74, 6) is 0.330. The minimum absolute atomic E-state index is 0.0258. The third-order valence-corrected chi connectivity index (χ3v) is 4.79. The molecule has 11 heteroatoms. The minimum atomic E-state index is -3.76. The van der Waals surface area contributed by atoms with Gasteiger partial charge in [0.2, 0.25) is 5.89 Å². The lowest BCUT2D eigenvalue weighted by molar-refractivity contribution is 0.377. The molecule has 3 rings (SSSR count). The molecule has 20 heavy (non-hydrogen) atoms. The van der Waals surface area contributed by atoms with Crippen molar-refractivity contribution in [3.05, 3.63) is 23.8 Å². The molecule has 0 bridgehead atoms. The number of nitrogen functional groups attached to an aromatic ring is 1. The second-order valence-electron chi connectivity index (χ2n) is 3.84. The number of anilines is 1. The number of nitrogens with two attached hydrogens (primary N) is 1. The zero-order chi connectivity index (χ0) is 14.2. The molecule has 3 N–H and O–H groups in total. The van der Waals surface area contributed by atoms with Crippen LogP contribution in [0.5, 0.6) is 0 Å². The van der Waals surface area contributed by atoms with Crippen LogP contribution in [0.25, 0.3) is 4.96 Å². The number of thiazole rings is 1. The number of nitrogens with zero attached hydrogens (tertiary/aromatic N) is 4. The van der Waals surface area contributed by atoms with Crippen LogP contribution >= 0.6 is 11.3 Å². The molecule has 3 aromatic rings. The Morgan fingerprint density at radius 1 is 1.50 bits per heavy atom. The summed E-state index contributed by atoms with van der Waals surface area (Å²) < 4.78 is 33.1. The Labute approximate surface area is 117 Å². The average Bonchev–Trinajstić information content (AvgIpc) is 3.04. The number of aromatic nitrogens is 4. The normalized spacial score (nSPS) is 12.2. The van der Waals surface area contributed by atoms with E-state index in [2.05, 4.69) is 19.8 Å². The van der Waals surface area contributed by atoms with Gasteiger partial charge in [0.15, 0.2) is 22.1 Å². The first-order valence-electron chi connectivity index (χ1n) is 5.54. The van der Waals surface area contributed by atoms with Gasteiger partial charge in [0.1, 0.15) is 0 Å². The van der Waals surface area contributed by atoms with Gasteiger partial charge in [-0.3, -0.25) is 4.40 Å². The molecular formula is C9H10N6O3S2. The van der Waals surface area contributed by atoms with E-state index in [-0.39, 0.29) is 17.4 Å². The fraction of sp³-hybridized carbons (Fsp3) is 0.222. The highest BCUT2D eigenvalue weighted by Gasteiger charge is 2.24. The van der Waals surface area contributed by atoms with Gasteiger partial charge in [-0.15, -0.1) is 11.3 Å². The molecule has 0 radical (unpaired) electrons. The van der Waals surface area contributed by atoms with E-state index in [1.54, 1.807) is 11.6 Å². The van der Waals surface area contributed by atoms with Crippen molar-refractivity contribution in [2.45, 2.75) is 11.4 Å². The summed E-state index contributed by atoms with van der Waals surface area (Å²) >= 11 is 1.31. The predicted molar refractivity (Wildman–Crippen MR) is 70.7 cm³/mol. The molecule has 0 aromatic carbocycles. The van der Waals surface area contributed by atoms with Gasteiger partial charge in [-0.2, -0.15) is 4.98 Å². The Morgan fingerprint density at radius 2 is 2.35 bits per heavy atom. The van der Waals surface area contributed by atoms with E-state index in [1.807, 2.05) is 0 Å². The molecule has 0 fully saturated rings. The van der Waals surface area contributed by atoms with Crippen molar-refractivity contribution >= 4 is 32.1 Å². The molecule has 3 aromatic heterocycles. The summed E-state index contributed by atoms with van der Waals surface area (Å²) in [6.45, 7) is 0.126. The number of fused-ring (bicyclic) bond motifs is 1. The van der Waals surface area contributed by atoms with Crippen LogP contribution in [0.15, 0.2) is 27.5 Å². The van der Waals surface area contributed by atoms with Crippen LogP contribution in [0, 0.1) is 0 Å². The number of sulfonamides is 1. The fourth-order valence-electron chi connectivity index (χ4n) is 1.72. The van der Waals surface area contributed by atoms with Gasteiger partial charge in [-0.05, 0) is 0 Å². The third-order valence-electron chi connectivity index (χ3n) is 2.54. The number of hydrogen-bond donors (Lipinski definition) is 2. The molecule has 3 heterocycles. The van der Waals surface area contributed by atoms with E-state index in [9.17, 15) is 8.42 Å². The van der Waals surface area contributed by atoms with Crippen molar-refractivity contribution in [2.24, 2.45) is 0 Å². The van der Waals surface area contributed by atoms with E-state index in [0.29, 0.717) is 17.3 Å². The highest BCUT2D eigenvalue weighted by Crippen LogP contribution is 2.22. The van der Waals surface area contributed by atoms with Crippen LogP contribution in [0.2, 0.25) is 0 Å². The molecule has 0 aliphatic heterocycles. The molecule has 0 spiro atoms. The van der Waals surface area contributed by atoms with Gasteiger partial charge in [-0.1, -0.05) is 5.16 Å². The Balaban J connectivity index is 1.81. The molecule has 0 aliphatic rings. The smallest absolute Gasteiger partial charge is 0.260 e. The van der Waals surface area contributed by atoms with Crippen LogP contribution in [0.3, 0.4) is 0 Å². The van der Waals surface area contributed by atoms with E-state index < -0.39 is 10.0 Å². The van der Waals surface area contributed by atoms with Crippen LogP contribution in [-0.2, 0) is 16.4 Å². The predicted octanol–water partition coefficient (Wildman–Crippen LogP) is -0.118. The Hall–Kier alpha value is -1.98. The van der Waals surface area contributed by atoms with Gasteiger partial charge in [0.25, 0.3) is 10.0 Å². The number of nitrogens with one attached hydrogen (secondary N) is 1. The Kier molecular flexibility index (Phi) is 3.16. The van der Waals surface area contributed by atoms with Gasteiger partial charge < -0.3 is 10.3 Å². The fourth-order valence-corrected chi connectivity index (χ4v) is 3.73. The number of rotatable bonds is 5. The Bertz CT molecular complexity index is 819. The molecule has 0 atom stereocenters. The Morgan fingerprint density at radius 3 is 3.10 bits per heavy atom. The maximum absolute atomic E-state index is 12.2. The standard InChI is InChI=1S/C9H10N6O3S2/c10-7-8(15-3-4-19-9(15)14-7)20(16,17)13-2-1-6-11-5-12-18-6/h3-5,13H,1-2,10H2. The van der Waals surface area contributed by atoms with E-state index in [1.165, 1.54) is 22.1 Å². The topological polar surface area (TPSA) is 128 Å². The maximum Gasteiger partial charge on any atom is 0.260 e. The van der Waals surface area contributed by atoms with Gasteiger partial charge in [0, 0.05) is 24.5 Å². The van der Waals surface area contributed by atoms with Crippen molar-refractivity contribution in [1.82, 2.24) is 24.2 Å². The average molecular weight is 314 g/mol. The van der Waals surface area contributed by atoms with Crippen LogP contribution in [-0.4, -0.2) is 34.5 Å². The highest BCUT2D eigenvalue weighted by atomic mass is 32.2. The third kappa shape index (κ3) is 2.26. The van der Waals surface area contributed by atoms with E-state index in [4.69, 9.17) is 10.3 Å². The second-order valence-corrected chi connectivity index (χ2v) is 6.40. The van der Waals surface area contributed by atoms with Crippen LogP contribution in [0.4, 0.5) is 5.82 Å². The molecule has 0 saturated carbocycles. The van der Waals surface area contributed by atoms with Crippen molar-refractivity contribution < 1.29 is 12.9 Å². The molecular weight excluding hydrogens is 304 g/mol. The largest absolute Gasteiger partial charge is 0.381 e. The van der Waals surface area contributed by atoms with E-state index in [0.717, 1.165) is 0 Å². The molecule has 0 amide bonds. The summed E-state index contributed by atoms with van der Waals surface area (Å²) in [6, 6.07) is 0. The first kappa shape index (κ1) is 13.0. The summed E-state index contributed by atoms with van der Waals surface area (Å²) in [7, 11) is -3.76. The summed E-state index contributed by atoms with van der Waals surface area (Å²) in [6.07, 6.45) is 3.16. The molecule has 0 unspecified atom stereocenters. The SMILES string of the molecule is Nc1nc2sccn2c1S(=O)(=O)NCCc1ncno1. The van der Waals surface area contributed by atoms with Crippen molar-refractivity contribution in [1.29, 1.82) is 0 Å². The lowest BCUT2D eigenvalue weighted by Crippen LogP contribution is -2.27. The second kappa shape index (κ2) is 4.85. The van der Waals surface area contributed by atoms with Crippen LogP contribution < -0.4 is 10.5 Å². The molecule has 0 aliphatic carbocycles. The summed E-state index contributed by atoms with van der Waals surface area (Å²) in [5, 5.41) is 5.12. The number of hydrogen-bond acceptors (Lipinski definition) is 8. The monoisotopic (exact) mass is 314 g/mol. The molecule has 0 saturated heterocycles. The van der Waals surface area contributed by atoms with Crippen LogP contribution in [0.1, 0.15) is 5.89 Å². The summed E-state index contributed by atoms with van der Waals surface area (Å²) in [4.78, 5) is 8.33. The lowest BCUT2D eigenvalue weighted by atomic mass is 10.4. The summed E-state index contributed by atoms with van der Waals surface area (Å²) in [5.41, 5.74) is 5.66. The highest BCUT2D eigenvalue weighted by molar-refractivity contribution is 7.89. The first-order chi connectivity index (χ1) is 9.58. The quantitative estimate of drug-likeness (QED) is 0.671. The van der Waals surface area contributed by atoms with Gasteiger partial charge in [-0.25, -0.2) is 18.1 Å². The zero-order valence-corrected chi connectivity index (χ0v) is 11.7. The first-order valence-corrected chi connectivity index (χ1v) is 7.90. The van der Waals surface area contributed by atoms with Crippen molar-refractivity contribution in [2.75, 3.05) is 12.3 Å². The molecule has 9 nitrogen and oxygen atoms in total. The van der Waals surface area contributed by atoms with Gasteiger partial charge in [0.05, 0.1) is 0 Å². The van der Waals surface area contributed by atoms with Gasteiger partial charge >= 0.3 is 0 Å². The number of imidazole rings is 1. The van der Waals surface area contributed by atoms with Crippen molar-refractivity contribution in [3.8, 4) is 0 Å². The minimum Gasteiger partial charge on any atom is -0.381 e. The maximum atomic E-state index is 12.2.